The molecule has 0 aliphatic heterocycles. The molecular formula is C20H27BrN2S4. The van der Waals surface area contributed by atoms with E-state index in [1.807, 2.05) is 17.3 Å². The SMILES string of the molecule is CCCCCCCCCCCCSc1cc(Br)sc1-c1nc2ncsc2s1. The van der Waals surface area contributed by atoms with E-state index in [1.165, 1.54) is 87.5 Å². The Morgan fingerprint density at radius 2 is 1.67 bits per heavy atom. The molecule has 3 heterocycles. The lowest BCUT2D eigenvalue weighted by molar-refractivity contribution is 0.563. The van der Waals surface area contributed by atoms with Gasteiger partial charge in [0.25, 0.3) is 0 Å². The topological polar surface area (TPSA) is 25.8 Å². The zero-order valence-electron chi connectivity index (χ0n) is 15.8. The molecule has 0 spiro atoms. The summed E-state index contributed by atoms with van der Waals surface area (Å²) < 4.78 is 2.41. The van der Waals surface area contributed by atoms with Crippen LogP contribution in [0.2, 0.25) is 0 Å². The largest absolute Gasteiger partial charge is 0.224 e. The molecule has 0 fully saturated rings. The summed E-state index contributed by atoms with van der Waals surface area (Å²) in [7, 11) is 0. The fourth-order valence-electron chi connectivity index (χ4n) is 3.05. The Morgan fingerprint density at radius 1 is 0.963 bits per heavy atom. The maximum atomic E-state index is 4.72. The van der Waals surface area contributed by atoms with Crippen LogP contribution in [0.5, 0.6) is 0 Å². The summed E-state index contributed by atoms with van der Waals surface area (Å²) in [5, 5.41) is 1.12. The molecule has 0 aliphatic carbocycles. The lowest BCUT2D eigenvalue weighted by Gasteiger charge is -2.03. The summed E-state index contributed by atoms with van der Waals surface area (Å²) in [6, 6.07) is 2.25. The van der Waals surface area contributed by atoms with Crippen molar-refractivity contribution in [1.82, 2.24) is 9.97 Å². The Morgan fingerprint density at radius 3 is 2.37 bits per heavy atom. The van der Waals surface area contributed by atoms with Gasteiger partial charge in [-0.15, -0.1) is 34.4 Å². The van der Waals surface area contributed by atoms with Crippen molar-refractivity contribution < 1.29 is 0 Å². The van der Waals surface area contributed by atoms with Crippen LogP contribution < -0.4 is 0 Å². The molecule has 0 saturated carbocycles. The average molecular weight is 504 g/mol. The second-order valence-electron chi connectivity index (χ2n) is 6.76. The third-order valence-corrected chi connectivity index (χ3v) is 9.56. The van der Waals surface area contributed by atoms with Gasteiger partial charge in [-0.05, 0) is 34.2 Å². The summed E-state index contributed by atoms with van der Waals surface area (Å²) in [4.78, 5) is 11.7. The van der Waals surface area contributed by atoms with Crippen LogP contribution in [-0.2, 0) is 0 Å². The summed E-state index contributed by atoms with van der Waals surface area (Å²) in [5.74, 6) is 1.20. The van der Waals surface area contributed by atoms with Crippen molar-refractivity contribution in [3.05, 3.63) is 15.4 Å². The first-order valence-electron chi connectivity index (χ1n) is 9.90. The van der Waals surface area contributed by atoms with Gasteiger partial charge in [-0.25, -0.2) is 9.97 Å². The van der Waals surface area contributed by atoms with E-state index < -0.39 is 0 Å². The van der Waals surface area contributed by atoms with E-state index in [2.05, 4.69) is 33.9 Å². The molecule has 3 rings (SSSR count). The van der Waals surface area contributed by atoms with E-state index in [1.54, 1.807) is 34.0 Å². The first kappa shape index (κ1) is 21.8. The highest BCUT2D eigenvalue weighted by atomic mass is 79.9. The molecule has 0 bridgehead atoms. The summed E-state index contributed by atoms with van der Waals surface area (Å²) >= 11 is 10.9. The normalized spacial score (nSPS) is 11.6. The van der Waals surface area contributed by atoms with Crippen molar-refractivity contribution in [2.24, 2.45) is 0 Å². The molecule has 0 radical (unpaired) electrons. The number of hydrogen-bond donors (Lipinski definition) is 0. The Labute approximate surface area is 187 Å². The lowest BCUT2D eigenvalue weighted by atomic mass is 10.1. The van der Waals surface area contributed by atoms with Crippen molar-refractivity contribution in [2.45, 2.75) is 76.0 Å². The maximum absolute atomic E-state index is 4.72. The van der Waals surface area contributed by atoms with Gasteiger partial charge in [0.15, 0.2) is 5.65 Å². The van der Waals surface area contributed by atoms with Crippen LogP contribution in [-0.4, -0.2) is 15.7 Å². The van der Waals surface area contributed by atoms with Crippen LogP contribution in [0.3, 0.4) is 0 Å². The van der Waals surface area contributed by atoms with Gasteiger partial charge in [0.1, 0.15) is 9.02 Å². The predicted octanol–water partition coefficient (Wildman–Crippen LogP) is 9.26. The number of halogens is 1. The van der Waals surface area contributed by atoms with Crippen LogP contribution in [0, 0.1) is 0 Å². The first-order valence-corrected chi connectivity index (χ1v) is 14.2. The molecule has 0 atom stereocenters. The van der Waals surface area contributed by atoms with Crippen LogP contribution in [0.4, 0.5) is 0 Å². The van der Waals surface area contributed by atoms with Gasteiger partial charge in [0.05, 0.1) is 14.2 Å². The number of hydrogen-bond acceptors (Lipinski definition) is 6. The van der Waals surface area contributed by atoms with Gasteiger partial charge in [-0.3, -0.25) is 0 Å². The van der Waals surface area contributed by atoms with Gasteiger partial charge < -0.3 is 0 Å². The fourth-order valence-corrected chi connectivity index (χ4v) is 7.98. The van der Waals surface area contributed by atoms with Gasteiger partial charge in [-0.2, -0.15) is 0 Å². The summed E-state index contributed by atoms with van der Waals surface area (Å²) in [6.45, 7) is 2.28. The molecule has 0 saturated heterocycles. The molecule has 7 heteroatoms. The predicted molar refractivity (Wildman–Crippen MR) is 129 cm³/mol. The molecule has 3 aromatic rings. The second-order valence-corrected chi connectivity index (χ2v) is 12.4. The zero-order chi connectivity index (χ0) is 18.9. The highest BCUT2D eigenvalue weighted by Crippen LogP contribution is 2.44. The van der Waals surface area contributed by atoms with Crippen molar-refractivity contribution in [1.29, 1.82) is 0 Å². The smallest absolute Gasteiger partial charge is 0.182 e. The molecule has 0 amide bonds. The number of rotatable bonds is 13. The van der Waals surface area contributed by atoms with E-state index in [0.29, 0.717) is 0 Å². The maximum Gasteiger partial charge on any atom is 0.182 e. The lowest BCUT2D eigenvalue weighted by Crippen LogP contribution is -1.84. The van der Waals surface area contributed by atoms with Crippen molar-refractivity contribution in [2.75, 3.05) is 5.75 Å². The van der Waals surface area contributed by atoms with E-state index in [4.69, 9.17) is 4.98 Å². The number of aromatic nitrogens is 2. The highest BCUT2D eigenvalue weighted by molar-refractivity contribution is 9.11. The molecule has 0 aromatic carbocycles. The molecule has 27 heavy (non-hydrogen) atoms. The summed E-state index contributed by atoms with van der Waals surface area (Å²) in [5.41, 5.74) is 2.78. The third kappa shape index (κ3) is 6.81. The molecule has 148 valence electrons. The Hall–Kier alpha value is 0.0500. The van der Waals surface area contributed by atoms with Crippen molar-refractivity contribution in [3.63, 3.8) is 0 Å². The van der Waals surface area contributed by atoms with Crippen LogP contribution in [0.25, 0.3) is 19.5 Å². The molecule has 0 aliphatic rings. The minimum Gasteiger partial charge on any atom is -0.224 e. The fraction of sp³-hybridized carbons (Fsp3) is 0.600. The van der Waals surface area contributed by atoms with E-state index in [0.717, 1.165) is 10.7 Å². The van der Waals surface area contributed by atoms with Crippen molar-refractivity contribution in [3.8, 4) is 9.88 Å². The van der Waals surface area contributed by atoms with E-state index in [9.17, 15) is 0 Å². The molecular weight excluding hydrogens is 476 g/mol. The highest BCUT2D eigenvalue weighted by Gasteiger charge is 2.16. The van der Waals surface area contributed by atoms with Gasteiger partial charge in [-0.1, -0.05) is 76.0 Å². The molecule has 0 N–H and O–H groups in total. The van der Waals surface area contributed by atoms with Crippen LogP contribution in [0.15, 0.2) is 20.3 Å². The van der Waals surface area contributed by atoms with E-state index >= 15 is 0 Å². The van der Waals surface area contributed by atoms with Crippen LogP contribution >= 0.6 is 61.7 Å². The number of thiazole rings is 2. The number of nitrogens with zero attached hydrogens (tertiary/aromatic N) is 2. The summed E-state index contributed by atoms with van der Waals surface area (Å²) in [6.07, 6.45) is 13.9. The number of unbranched alkanes of at least 4 members (excludes halogenated alkanes) is 9. The Balaban J connectivity index is 1.36. The quantitative estimate of drug-likeness (QED) is 0.172. The minimum atomic E-state index is 0.898. The number of thiophene rings is 1. The minimum absolute atomic E-state index is 0.898. The van der Waals surface area contributed by atoms with Gasteiger partial charge >= 0.3 is 0 Å². The molecule has 0 unspecified atom stereocenters. The monoisotopic (exact) mass is 502 g/mol. The molecule has 3 aromatic heterocycles. The first-order chi connectivity index (χ1) is 13.3. The Kier molecular flexibility index (Phi) is 9.59. The third-order valence-electron chi connectivity index (χ3n) is 4.53. The van der Waals surface area contributed by atoms with Gasteiger partial charge in [0, 0.05) is 4.90 Å². The van der Waals surface area contributed by atoms with E-state index in [-0.39, 0.29) is 0 Å². The Bertz CT molecular complexity index is 779. The molecule has 2 nitrogen and oxygen atoms in total. The zero-order valence-corrected chi connectivity index (χ0v) is 20.7. The van der Waals surface area contributed by atoms with Crippen molar-refractivity contribution >= 4 is 71.4 Å². The average Bonchev–Trinajstić information content (AvgIpc) is 3.34. The number of thioether (sulfide) groups is 1. The standard InChI is InChI=1S/C20H27BrN2S4/c1-2-3-4-5-6-7-8-9-10-11-12-24-15-13-16(21)26-17(15)19-23-18-20(27-19)25-14-22-18/h13-14H,2-12H2,1H3. The van der Waals surface area contributed by atoms with Crippen LogP contribution in [0.1, 0.15) is 71.1 Å². The second kappa shape index (κ2) is 11.9. The number of fused-ring (bicyclic) bond motifs is 1. The van der Waals surface area contributed by atoms with Gasteiger partial charge in [0.2, 0.25) is 0 Å².